The minimum absolute atomic E-state index is 0.124. The van der Waals surface area contributed by atoms with Crippen LogP contribution in [0.1, 0.15) is 37.5 Å². The molecule has 0 aliphatic carbocycles. The third kappa shape index (κ3) is 7.42. The maximum atomic E-state index is 10.8. The van der Waals surface area contributed by atoms with Gasteiger partial charge in [-0.3, -0.25) is 4.98 Å². The lowest BCUT2D eigenvalue weighted by Crippen LogP contribution is -2.16. The minimum Gasteiger partial charge on any atom is -0.482 e. The summed E-state index contributed by atoms with van der Waals surface area (Å²) in [6.45, 7) is 7.72. The maximum Gasteiger partial charge on any atom is 0.341 e. The van der Waals surface area contributed by atoms with E-state index in [1.54, 1.807) is 24.2 Å². The number of carboxylic acid groups (broad SMARTS) is 1. The van der Waals surface area contributed by atoms with Gasteiger partial charge >= 0.3 is 5.97 Å². The van der Waals surface area contributed by atoms with E-state index in [2.05, 4.69) is 54.3 Å². The lowest BCUT2D eigenvalue weighted by atomic mass is 9.87. The number of aliphatic carboxylic acids is 1. The zero-order valence-corrected chi connectivity index (χ0v) is 18.9. The third-order valence-corrected chi connectivity index (χ3v) is 5.64. The van der Waals surface area contributed by atoms with Crippen LogP contribution in [-0.2, 0) is 23.3 Å². The van der Waals surface area contributed by atoms with Crippen molar-refractivity contribution >= 4 is 17.9 Å². The van der Waals surface area contributed by atoms with Crippen LogP contribution in [0, 0.1) is 0 Å². The van der Waals surface area contributed by atoms with Crippen LogP contribution in [0.3, 0.4) is 0 Å². The second-order valence-electron chi connectivity index (χ2n) is 8.35. The first-order valence-electron chi connectivity index (χ1n) is 10.2. The van der Waals surface area contributed by atoms with E-state index in [1.807, 2.05) is 36.5 Å². The Morgan fingerprint density at radius 2 is 1.77 bits per heavy atom. The molecule has 0 unspecified atom stereocenters. The highest BCUT2D eigenvalue weighted by Gasteiger charge is 2.15. The van der Waals surface area contributed by atoms with Gasteiger partial charge in [0.05, 0.1) is 0 Å². The SMILES string of the molecule is CC(C)(C)c1ccc(CN(Cc2cccc(OCC(=O)O)c2)Sc2cccnc2)cc1. The van der Waals surface area contributed by atoms with Gasteiger partial charge in [0.1, 0.15) is 5.75 Å². The van der Waals surface area contributed by atoms with Crippen molar-refractivity contribution in [3.8, 4) is 5.75 Å². The number of carboxylic acids is 1. The lowest BCUT2D eigenvalue weighted by Gasteiger charge is -2.23. The molecule has 31 heavy (non-hydrogen) atoms. The van der Waals surface area contributed by atoms with Gasteiger partial charge in [-0.05, 0) is 58.3 Å². The summed E-state index contributed by atoms with van der Waals surface area (Å²) in [5.41, 5.74) is 3.71. The van der Waals surface area contributed by atoms with E-state index in [0.29, 0.717) is 12.3 Å². The van der Waals surface area contributed by atoms with E-state index in [4.69, 9.17) is 9.84 Å². The average molecular weight is 437 g/mol. The third-order valence-electron chi connectivity index (χ3n) is 4.67. The van der Waals surface area contributed by atoms with Gasteiger partial charge in [0.2, 0.25) is 0 Å². The molecule has 5 nitrogen and oxygen atoms in total. The molecule has 0 saturated heterocycles. The Balaban J connectivity index is 1.77. The summed E-state index contributed by atoms with van der Waals surface area (Å²) in [4.78, 5) is 16.1. The second kappa shape index (κ2) is 10.5. The van der Waals surface area contributed by atoms with Gasteiger partial charge in [-0.2, -0.15) is 0 Å². The van der Waals surface area contributed by atoms with Crippen LogP contribution in [0.2, 0.25) is 0 Å². The zero-order chi connectivity index (χ0) is 22.3. The lowest BCUT2D eigenvalue weighted by molar-refractivity contribution is -0.139. The molecule has 0 aliphatic rings. The van der Waals surface area contributed by atoms with Crippen LogP contribution in [0.4, 0.5) is 0 Å². The molecule has 0 spiro atoms. The predicted molar refractivity (Wildman–Crippen MR) is 124 cm³/mol. The first-order valence-corrected chi connectivity index (χ1v) is 10.9. The Bertz CT molecular complexity index is 986. The molecule has 0 aliphatic heterocycles. The molecule has 0 bridgehead atoms. The van der Waals surface area contributed by atoms with Crippen molar-refractivity contribution in [2.24, 2.45) is 0 Å². The number of benzene rings is 2. The van der Waals surface area contributed by atoms with E-state index in [9.17, 15) is 4.79 Å². The molecular formula is C25H28N2O3S. The molecule has 0 atom stereocenters. The number of nitrogens with zero attached hydrogens (tertiary/aromatic N) is 2. The molecule has 6 heteroatoms. The zero-order valence-electron chi connectivity index (χ0n) is 18.1. The van der Waals surface area contributed by atoms with E-state index in [1.165, 1.54) is 11.1 Å². The summed E-state index contributed by atoms with van der Waals surface area (Å²) in [5.74, 6) is -0.432. The fourth-order valence-corrected chi connectivity index (χ4v) is 4.04. The van der Waals surface area contributed by atoms with Crippen molar-refractivity contribution in [2.45, 2.75) is 44.2 Å². The van der Waals surface area contributed by atoms with Crippen molar-refractivity contribution < 1.29 is 14.6 Å². The molecule has 1 aromatic heterocycles. The number of pyridine rings is 1. The second-order valence-corrected chi connectivity index (χ2v) is 9.53. The van der Waals surface area contributed by atoms with Crippen molar-refractivity contribution in [3.05, 3.63) is 89.7 Å². The van der Waals surface area contributed by atoms with Gasteiger partial charge in [0, 0.05) is 30.4 Å². The Morgan fingerprint density at radius 1 is 1.03 bits per heavy atom. The first-order chi connectivity index (χ1) is 14.8. The van der Waals surface area contributed by atoms with Gasteiger partial charge in [0.15, 0.2) is 6.61 Å². The van der Waals surface area contributed by atoms with Crippen molar-refractivity contribution in [3.63, 3.8) is 0 Å². The van der Waals surface area contributed by atoms with E-state index >= 15 is 0 Å². The normalized spacial score (nSPS) is 11.5. The Hall–Kier alpha value is -2.83. The summed E-state index contributed by atoms with van der Waals surface area (Å²) >= 11 is 1.65. The first kappa shape index (κ1) is 22.8. The summed E-state index contributed by atoms with van der Waals surface area (Å²) in [6, 6.07) is 20.3. The molecule has 0 amide bonds. The molecule has 1 heterocycles. The van der Waals surface area contributed by atoms with E-state index in [0.717, 1.165) is 17.0 Å². The fourth-order valence-electron chi connectivity index (χ4n) is 3.07. The Morgan fingerprint density at radius 3 is 2.42 bits per heavy atom. The number of rotatable bonds is 9. The summed E-state index contributed by atoms with van der Waals surface area (Å²) in [6.07, 6.45) is 3.62. The molecular weight excluding hydrogens is 408 g/mol. The molecule has 0 radical (unpaired) electrons. The summed E-state index contributed by atoms with van der Waals surface area (Å²) in [5, 5.41) is 8.84. The predicted octanol–water partition coefficient (Wildman–Crippen LogP) is 5.55. The Labute approximate surface area is 188 Å². The van der Waals surface area contributed by atoms with Crippen LogP contribution in [0.5, 0.6) is 5.75 Å². The van der Waals surface area contributed by atoms with Gasteiger partial charge in [-0.15, -0.1) is 0 Å². The Kier molecular flexibility index (Phi) is 7.71. The summed E-state index contributed by atoms with van der Waals surface area (Å²) < 4.78 is 7.60. The highest BCUT2D eigenvalue weighted by molar-refractivity contribution is 7.97. The molecule has 3 aromatic rings. The monoisotopic (exact) mass is 436 g/mol. The number of carbonyl (C=O) groups is 1. The highest BCUT2D eigenvalue weighted by atomic mass is 32.2. The van der Waals surface area contributed by atoms with Gasteiger partial charge in [-0.25, -0.2) is 9.10 Å². The fraction of sp³-hybridized carbons (Fsp3) is 0.280. The quantitative estimate of drug-likeness (QED) is 0.444. The maximum absolute atomic E-state index is 10.8. The van der Waals surface area contributed by atoms with Crippen LogP contribution in [0.15, 0.2) is 78.0 Å². The minimum atomic E-state index is -0.988. The number of aromatic nitrogens is 1. The summed E-state index contributed by atoms with van der Waals surface area (Å²) in [7, 11) is 0. The van der Waals surface area contributed by atoms with Gasteiger partial charge in [-0.1, -0.05) is 57.2 Å². The van der Waals surface area contributed by atoms with Crippen molar-refractivity contribution in [1.82, 2.24) is 9.29 Å². The number of ether oxygens (including phenoxy) is 1. The highest BCUT2D eigenvalue weighted by Crippen LogP contribution is 2.28. The van der Waals surface area contributed by atoms with Crippen LogP contribution >= 0.6 is 11.9 Å². The van der Waals surface area contributed by atoms with E-state index in [-0.39, 0.29) is 12.0 Å². The van der Waals surface area contributed by atoms with Crippen LogP contribution in [-0.4, -0.2) is 27.0 Å². The van der Waals surface area contributed by atoms with Crippen LogP contribution < -0.4 is 4.74 Å². The average Bonchev–Trinajstić information content (AvgIpc) is 2.73. The van der Waals surface area contributed by atoms with E-state index < -0.39 is 5.97 Å². The van der Waals surface area contributed by atoms with Crippen molar-refractivity contribution in [2.75, 3.05) is 6.61 Å². The van der Waals surface area contributed by atoms with Gasteiger partial charge in [0.25, 0.3) is 0 Å². The van der Waals surface area contributed by atoms with Crippen molar-refractivity contribution in [1.29, 1.82) is 0 Å². The largest absolute Gasteiger partial charge is 0.482 e. The molecule has 0 fully saturated rings. The molecule has 2 aromatic carbocycles. The van der Waals surface area contributed by atoms with Crippen LogP contribution in [0.25, 0.3) is 0 Å². The molecule has 1 N–H and O–H groups in total. The smallest absolute Gasteiger partial charge is 0.341 e. The number of hydrogen-bond acceptors (Lipinski definition) is 5. The van der Waals surface area contributed by atoms with Gasteiger partial charge < -0.3 is 9.84 Å². The topological polar surface area (TPSA) is 62.7 Å². The molecule has 0 saturated carbocycles. The number of hydrogen-bond donors (Lipinski definition) is 1. The molecule has 162 valence electrons. The molecule has 3 rings (SSSR count). The standard InChI is InChI=1S/C25H28N2O3S/c1-25(2,3)21-11-9-19(10-12-21)16-27(31-23-8-5-13-26-15-23)17-20-6-4-7-22(14-20)30-18-24(28)29/h4-15H,16-18H2,1-3H3,(H,28,29).